The molecule has 1 amide bonds. The molecule has 1 aliphatic heterocycles. The van der Waals surface area contributed by atoms with E-state index < -0.39 is 0 Å². The number of amides is 1. The molecular formula is C15H16N2O3S. The lowest BCUT2D eigenvalue weighted by atomic mass is 10.2. The third kappa shape index (κ3) is 3.80. The van der Waals surface area contributed by atoms with Gasteiger partial charge in [-0.1, -0.05) is 6.07 Å². The number of ether oxygens (including phenoxy) is 2. The van der Waals surface area contributed by atoms with Crippen molar-refractivity contribution in [3.8, 4) is 5.75 Å². The third-order valence-electron chi connectivity index (χ3n) is 3.21. The van der Waals surface area contributed by atoms with Crippen LogP contribution in [0.4, 0.5) is 5.13 Å². The van der Waals surface area contributed by atoms with Gasteiger partial charge in [0, 0.05) is 23.7 Å². The van der Waals surface area contributed by atoms with E-state index in [1.807, 2.05) is 17.5 Å². The first kappa shape index (κ1) is 14.0. The number of thiazole rings is 1. The van der Waals surface area contributed by atoms with Crippen LogP contribution in [0, 0.1) is 0 Å². The molecule has 5 nitrogen and oxygen atoms in total. The van der Waals surface area contributed by atoms with E-state index in [4.69, 9.17) is 9.47 Å². The molecule has 2 aromatic rings. The number of rotatable bonds is 5. The van der Waals surface area contributed by atoms with Gasteiger partial charge in [-0.25, -0.2) is 4.98 Å². The van der Waals surface area contributed by atoms with Gasteiger partial charge in [0.15, 0.2) is 5.13 Å². The Morgan fingerprint density at radius 1 is 1.52 bits per heavy atom. The Labute approximate surface area is 126 Å². The summed E-state index contributed by atoms with van der Waals surface area (Å²) >= 11 is 1.39. The van der Waals surface area contributed by atoms with Gasteiger partial charge >= 0.3 is 0 Å². The molecule has 0 spiro atoms. The minimum absolute atomic E-state index is 0.165. The number of nitrogens with zero attached hydrogens (tertiary/aromatic N) is 1. The van der Waals surface area contributed by atoms with Crippen molar-refractivity contribution in [3.63, 3.8) is 0 Å². The number of hydrogen-bond donors (Lipinski definition) is 1. The van der Waals surface area contributed by atoms with Crippen molar-refractivity contribution < 1.29 is 14.3 Å². The molecule has 0 radical (unpaired) electrons. The number of benzene rings is 1. The Balaban J connectivity index is 1.60. The molecule has 6 heteroatoms. The zero-order chi connectivity index (χ0) is 14.5. The molecule has 3 rings (SSSR count). The van der Waals surface area contributed by atoms with E-state index in [9.17, 15) is 4.79 Å². The Kier molecular flexibility index (Phi) is 4.47. The molecule has 21 heavy (non-hydrogen) atoms. The average Bonchev–Trinajstić information content (AvgIpc) is 3.19. The molecule has 1 aromatic heterocycles. The van der Waals surface area contributed by atoms with Gasteiger partial charge in [0.2, 0.25) is 0 Å². The Hall–Kier alpha value is -1.92. The third-order valence-corrected chi connectivity index (χ3v) is 3.90. The van der Waals surface area contributed by atoms with E-state index >= 15 is 0 Å². The SMILES string of the molecule is O=C(Nc1nccs1)c1cccc(OC[C@H]2CCCO2)c1. The molecule has 110 valence electrons. The first-order valence-electron chi connectivity index (χ1n) is 6.86. The second-order valence-electron chi connectivity index (χ2n) is 4.77. The highest BCUT2D eigenvalue weighted by molar-refractivity contribution is 7.13. The monoisotopic (exact) mass is 304 g/mol. The van der Waals surface area contributed by atoms with Gasteiger partial charge in [0.25, 0.3) is 5.91 Å². The second-order valence-corrected chi connectivity index (χ2v) is 5.66. The minimum atomic E-state index is -0.187. The Bertz CT molecular complexity index is 595. The number of carbonyl (C=O) groups is 1. The van der Waals surface area contributed by atoms with Crippen LogP contribution in [0.5, 0.6) is 5.75 Å². The zero-order valence-corrected chi connectivity index (χ0v) is 12.3. The fourth-order valence-corrected chi connectivity index (χ4v) is 2.67. The highest BCUT2D eigenvalue weighted by atomic mass is 32.1. The molecule has 1 atom stereocenters. The standard InChI is InChI=1S/C15H16N2O3S/c18-14(17-15-16-6-8-21-15)11-3-1-4-12(9-11)20-10-13-5-2-7-19-13/h1,3-4,6,8-9,13H,2,5,7,10H2,(H,16,17,18)/t13-/m1/s1. The predicted octanol–water partition coefficient (Wildman–Crippen LogP) is 2.95. The summed E-state index contributed by atoms with van der Waals surface area (Å²) in [6, 6.07) is 7.14. The van der Waals surface area contributed by atoms with Gasteiger partial charge in [-0.2, -0.15) is 0 Å². The van der Waals surface area contributed by atoms with Crippen LogP contribution in [0.25, 0.3) is 0 Å². The maximum atomic E-state index is 12.1. The smallest absolute Gasteiger partial charge is 0.257 e. The molecule has 1 aromatic carbocycles. The summed E-state index contributed by atoms with van der Waals surface area (Å²) in [6.07, 6.45) is 3.94. The summed E-state index contributed by atoms with van der Waals surface area (Å²) in [6.45, 7) is 1.34. The van der Waals surface area contributed by atoms with Gasteiger partial charge in [0.1, 0.15) is 12.4 Å². The fourth-order valence-electron chi connectivity index (χ4n) is 2.15. The van der Waals surface area contributed by atoms with Crippen molar-refractivity contribution >= 4 is 22.4 Å². The van der Waals surface area contributed by atoms with Gasteiger partial charge in [-0.3, -0.25) is 10.1 Å². The predicted molar refractivity (Wildman–Crippen MR) is 81.0 cm³/mol. The molecule has 0 aliphatic carbocycles. The van der Waals surface area contributed by atoms with Crippen molar-refractivity contribution in [3.05, 3.63) is 41.4 Å². The lowest BCUT2D eigenvalue weighted by Gasteiger charge is -2.12. The van der Waals surface area contributed by atoms with E-state index in [0.717, 1.165) is 19.4 Å². The van der Waals surface area contributed by atoms with Gasteiger partial charge in [0.05, 0.1) is 6.10 Å². The van der Waals surface area contributed by atoms with Gasteiger partial charge in [-0.05, 0) is 31.0 Å². The van der Waals surface area contributed by atoms with Crippen LogP contribution in [0.15, 0.2) is 35.8 Å². The van der Waals surface area contributed by atoms with Crippen LogP contribution < -0.4 is 10.1 Å². The molecule has 0 saturated carbocycles. The topological polar surface area (TPSA) is 60.5 Å². The quantitative estimate of drug-likeness (QED) is 0.922. The van der Waals surface area contributed by atoms with Crippen molar-refractivity contribution in [2.24, 2.45) is 0 Å². The summed E-state index contributed by atoms with van der Waals surface area (Å²) in [4.78, 5) is 16.1. The highest BCUT2D eigenvalue weighted by Gasteiger charge is 2.16. The van der Waals surface area contributed by atoms with Crippen LogP contribution >= 0.6 is 11.3 Å². The summed E-state index contributed by atoms with van der Waals surface area (Å²) < 4.78 is 11.2. The van der Waals surface area contributed by atoms with E-state index in [2.05, 4.69) is 10.3 Å². The van der Waals surface area contributed by atoms with Crippen molar-refractivity contribution in [2.45, 2.75) is 18.9 Å². The first-order valence-corrected chi connectivity index (χ1v) is 7.74. The largest absolute Gasteiger partial charge is 0.491 e. The summed E-state index contributed by atoms with van der Waals surface area (Å²) in [5.41, 5.74) is 0.551. The van der Waals surface area contributed by atoms with Gasteiger partial charge < -0.3 is 9.47 Å². The van der Waals surface area contributed by atoms with Crippen LogP contribution in [0.1, 0.15) is 23.2 Å². The molecular weight excluding hydrogens is 288 g/mol. The lowest BCUT2D eigenvalue weighted by molar-refractivity contribution is 0.0679. The minimum Gasteiger partial charge on any atom is -0.491 e. The Morgan fingerprint density at radius 3 is 3.24 bits per heavy atom. The van der Waals surface area contributed by atoms with Gasteiger partial charge in [-0.15, -0.1) is 11.3 Å². The highest BCUT2D eigenvalue weighted by Crippen LogP contribution is 2.18. The van der Waals surface area contributed by atoms with Crippen LogP contribution in [0.2, 0.25) is 0 Å². The van der Waals surface area contributed by atoms with E-state index in [1.54, 1.807) is 18.3 Å². The molecule has 1 N–H and O–H groups in total. The normalized spacial score (nSPS) is 17.6. The van der Waals surface area contributed by atoms with Crippen molar-refractivity contribution in [1.82, 2.24) is 4.98 Å². The molecule has 1 fully saturated rings. The Morgan fingerprint density at radius 2 is 2.48 bits per heavy atom. The molecule has 0 bridgehead atoms. The maximum Gasteiger partial charge on any atom is 0.257 e. The van der Waals surface area contributed by atoms with E-state index in [-0.39, 0.29) is 12.0 Å². The molecule has 1 aliphatic rings. The van der Waals surface area contributed by atoms with Crippen LogP contribution in [-0.2, 0) is 4.74 Å². The summed E-state index contributed by atoms with van der Waals surface area (Å²) in [5, 5.41) is 5.16. The fraction of sp³-hybridized carbons (Fsp3) is 0.333. The molecule has 2 heterocycles. The number of anilines is 1. The van der Waals surface area contributed by atoms with Crippen LogP contribution in [-0.4, -0.2) is 30.2 Å². The summed E-state index contributed by atoms with van der Waals surface area (Å²) in [7, 11) is 0. The summed E-state index contributed by atoms with van der Waals surface area (Å²) in [5.74, 6) is 0.491. The second kappa shape index (κ2) is 6.69. The number of aromatic nitrogens is 1. The molecule has 0 unspecified atom stereocenters. The number of nitrogens with one attached hydrogen (secondary N) is 1. The van der Waals surface area contributed by atoms with E-state index in [0.29, 0.717) is 23.1 Å². The number of hydrogen-bond acceptors (Lipinski definition) is 5. The zero-order valence-electron chi connectivity index (χ0n) is 11.5. The van der Waals surface area contributed by atoms with Crippen LogP contribution in [0.3, 0.4) is 0 Å². The maximum absolute atomic E-state index is 12.1. The van der Waals surface area contributed by atoms with Crippen molar-refractivity contribution in [1.29, 1.82) is 0 Å². The first-order chi connectivity index (χ1) is 10.3. The average molecular weight is 304 g/mol. The van der Waals surface area contributed by atoms with Crippen molar-refractivity contribution in [2.75, 3.05) is 18.5 Å². The number of carbonyl (C=O) groups excluding carboxylic acids is 1. The van der Waals surface area contributed by atoms with E-state index in [1.165, 1.54) is 11.3 Å². The lowest BCUT2D eigenvalue weighted by Crippen LogP contribution is -2.16. The molecule has 1 saturated heterocycles.